The van der Waals surface area contributed by atoms with Crippen LogP contribution in [0.15, 0.2) is 12.4 Å². The van der Waals surface area contributed by atoms with Gasteiger partial charge >= 0.3 is 0 Å². The van der Waals surface area contributed by atoms with Gasteiger partial charge in [0.05, 0.1) is 13.2 Å². The zero-order chi connectivity index (χ0) is 13.8. The third-order valence-electron chi connectivity index (χ3n) is 3.87. The molecule has 0 aliphatic rings. The van der Waals surface area contributed by atoms with Crippen LogP contribution >= 0.6 is 0 Å². The van der Waals surface area contributed by atoms with E-state index in [2.05, 4.69) is 42.8 Å². The highest BCUT2D eigenvalue weighted by atomic mass is 16.5. The molecular formula is C13H24N4O. The largest absolute Gasteiger partial charge is 0.480 e. The van der Waals surface area contributed by atoms with Crippen LogP contribution < -0.4 is 10.5 Å². The number of methoxy groups -OCH3 is 1. The Hall–Kier alpha value is -1.20. The zero-order valence-corrected chi connectivity index (χ0v) is 12.0. The lowest BCUT2D eigenvalue weighted by atomic mass is 9.82. The summed E-state index contributed by atoms with van der Waals surface area (Å²) in [6.45, 7) is 4.29. The van der Waals surface area contributed by atoms with Gasteiger partial charge in [0.1, 0.15) is 5.69 Å². The molecule has 1 atom stereocenters. The molecule has 5 heteroatoms. The molecule has 5 nitrogen and oxygen atoms in total. The third kappa shape index (κ3) is 2.47. The molecule has 0 aliphatic heterocycles. The molecule has 0 aliphatic carbocycles. The summed E-state index contributed by atoms with van der Waals surface area (Å²) in [5.41, 5.74) is 7.03. The first-order chi connectivity index (χ1) is 8.53. The van der Waals surface area contributed by atoms with Gasteiger partial charge in [-0.05, 0) is 26.9 Å². The average molecular weight is 252 g/mol. The molecule has 0 aromatic carbocycles. The summed E-state index contributed by atoms with van der Waals surface area (Å²) >= 11 is 0. The van der Waals surface area contributed by atoms with Crippen molar-refractivity contribution in [1.82, 2.24) is 14.9 Å². The highest BCUT2D eigenvalue weighted by Crippen LogP contribution is 2.35. The minimum atomic E-state index is -0.230. The maximum atomic E-state index is 6.45. The average Bonchev–Trinajstić information content (AvgIpc) is 2.40. The van der Waals surface area contributed by atoms with Gasteiger partial charge in [0.25, 0.3) is 0 Å². The minimum absolute atomic E-state index is 0.136. The maximum absolute atomic E-state index is 6.45. The fourth-order valence-corrected chi connectivity index (χ4v) is 2.56. The van der Waals surface area contributed by atoms with Crippen LogP contribution in [0.5, 0.6) is 5.88 Å². The van der Waals surface area contributed by atoms with E-state index in [4.69, 9.17) is 10.5 Å². The lowest BCUT2D eigenvalue weighted by Crippen LogP contribution is -2.51. The fraction of sp³-hybridized carbons (Fsp3) is 0.692. The van der Waals surface area contributed by atoms with Gasteiger partial charge in [-0.25, -0.2) is 4.98 Å². The van der Waals surface area contributed by atoms with E-state index in [0.717, 1.165) is 18.5 Å². The number of nitrogens with zero attached hydrogens (tertiary/aromatic N) is 3. The number of rotatable bonds is 6. The van der Waals surface area contributed by atoms with Crippen molar-refractivity contribution in [2.24, 2.45) is 5.73 Å². The highest BCUT2D eigenvalue weighted by molar-refractivity contribution is 5.24. The quantitative estimate of drug-likeness (QED) is 0.833. The molecule has 2 N–H and O–H groups in total. The van der Waals surface area contributed by atoms with Gasteiger partial charge < -0.3 is 15.4 Å². The van der Waals surface area contributed by atoms with Gasteiger partial charge in [0.15, 0.2) is 0 Å². The molecule has 1 unspecified atom stereocenters. The zero-order valence-electron chi connectivity index (χ0n) is 12.0. The molecule has 102 valence electrons. The van der Waals surface area contributed by atoms with E-state index >= 15 is 0 Å². The first-order valence-electron chi connectivity index (χ1n) is 6.31. The maximum Gasteiger partial charge on any atom is 0.237 e. The van der Waals surface area contributed by atoms with E-state index in [0.29, 0.717) is 5.88 Å². The van der Waals surface area contributed by atoms with Crippen molar-refractivity contribution in [3.63, 3.8) is 0 Å². The molecule has 1 heterocycles. The van der Waals surface area contributed by atoms with Crippen LogP contribution in [0.3, 0.4) is 0 Å². The van der Waals surface area contributed by atoms with E-state index in [1.54, 1.807) is 19.5 Å². The van der Waals surface area contributed by atoms with Crippen LogP contribution in [-0.2, 0) is 0 Å². The summed E-state index contributed by atoms with van der Waals surface area (Å²) < 4.78 is 5.26. The molecule has 18 heavy (non-hydrogen) atoms. The van der Waals surface area contributed by atoms with Crippen LogP contribution in [0, 0.1) is 0 Å². The minimum Gasteiger partial charge on any atom is -0.480 e. The molecule has 1 aromatic heterocycles. The summed E-state index contributed by atoms with van der Waals surface area (Å²) in [5.74, 6) is 0.512. The summed E-state index contributed by atoms with van der Waals surface area (Å²) in [6, 6.07) is -0.230. The van der Waals surface area contributed by atoms with E-state index < -0.39 is 0 Å². The van der Waals surface area contributed by atoms with Crippen molar-refractivity contribution in [2.75, 3.05) is 21.2 Å². The van der Waals surface area contributed by atoms with Crippen molar-refractivity contribution in [3.8, 4) is 5.88 Å². The molecule has 0 bridgehead atoms. The molecule has 0 radical (unpaired) electrons. The molecular weight excluding hydrogens is 228 g/mol. The Morgan fingerprint density at radius 1 is 1.28 bits per heavy atom. The highest BCUT2D eigenvalue weighted by Gasteiger charge is 2.38. The Labute approximate surface area is 109 Å². The van der Waals surface area contributed by atoms with Gasteiger partial charge in [0, 0.05) is 17.9 Å². The van der Waals surface area contributed by atoms with Crippen molar-refractivity contribution in [2.45, 2.75) is 38.3 Å². The second kappa shape index (κ2) is 6.11. The van der Waals surface area contributed by atoms with Crippen LogP contribution in [-0.4, -0.2) is 41.6 Å². The predicted octanol–water partition coefficient (Wildman–Crippen LogP) is 1.61. The molecule has 1 rings (SSSR count). The number of hydrogen-bond donors (Lipinski definition) is 1. The third-order valence-corrected chi connectivity index (χ3v) is 3.87. The smallest absolute Gasteiger partial charge is 0.237 e. The lowest BCUT2D eigenvalue weighted by Gasteiger charge is -2.43. The Morgan fingerprint density at radius 2 is 1.83 bits per heavy atom. The van der Waals surface area contributed by atoms with Gasteiger partial charge in [-0.15, -0.1) is 0 Å². The molecule has 0 spiro atoms. The van der Waals surface area contributed by atoms with E-state index in [1.807, 2.05) is 0 Å². The Morgan fingerprint density at radius 3 is 2.28 bits per heavy atom. The van der Waals surface area contributed by atoms with Gasteiger partial charge in [0.2, 0.25) is 5.88 Å². The normalized spacial score (nSPS) is 13.7. The Bertz CT molecular complexity index is 377. The standard InChI is InChI=1S/C13H24N4O/c1-6-13(7-2,17(3)4)11(14)10-12(18-5)16-9-8-15-10/h8-9,11H,6-7,14H2,1-5H3. The number of aromatic nitrogens is 2. The molecule has 1 aromatic rings. The van der Waals surface area contributed by atoms with E-state index in [1.165, 1.54) is 0 Å². The molecule has 0 fully saturated rings. The van der Waals surface area contributed by atoms with Crippen LogP contribution in [0.25, 0.3) is 0 Å². The predicted molar refractivity (Wildman–Crippen MR) is 72.5 cm³/mol. The van der Waals surface area contributed by atoms with Crippen molar-refractivity contribution in [1.29, 1.82) is 0 Å². The number of ether oxygens (including phenoxy) is 1. The lowest BCUT2D eigenvalue weighted by molar-refractivity contribution is 0.102. The second-order valence-electron chi connectivity index (χ2n) is 4.63. The number of nitrogens with two attached hydrogens (primary N) is 1. The molecule has 0 saturated heterocycles. The topological polar surface area (TPSA) is 64.3 Å². The number of hydrogen-bond acceptors (Lipinski definition) is 5. The van der Waals surface area contributed by atoms with Crippen molar-refractivity contribution >= 4 is 0 Å². The van der Waals surface area contributed by atoms with Crippen LogP contribution in [0.4, 0.5) is 0 Å². The van der Waals surface area contributed by atoms with Crippen LogP contribution in [0.1, 0.15) is 38.4 Å². The molecule has 0 saturated carbocycles. The summed E-state index contributed by atoms with van der Waals surface area (Å²) in [5, 5.41) is 0. The first-order valence-corrected chi connectivity index (χ1v) is 6.31. The van der Waals surface area contributed by atoms with Crippen molar-refractivity contribution in [3.05, 3.63) is 18.1 Å². The van der Waals surface area contributed by atoms with E-state index in [-0.39, 0.29) is 11.6 Å². The fourth-order valence-electron chi connectivity index (χ4n) is 2.56. The number of likely N-dealkylation sites (N-methyl/N-ethyl adjacent to an activating group) is 1. The van der Waals surface area contributed by atoms with Crippen molar-refractivity contribution < 1.29 is 4.74 Å². The summed E-state index contributed by atoms with van der Waals surface area (Å²) in [6.07, 6.45) is 5.16. The van der Waals surface area contributed by atoms with Gasteiger partial charge in [-0.3, -0.25) is 4.98 Å². The van der Waals surface area contributed by atoms with Crippen LogP contribution in [0.2, 0.25) is 0 Å². The molecule has 0 amide bonds. The Balaban J connectivity index is 3.21. The monoisotopic (exact) mass is 252 g/mol. The van der Waals surface area contributed by atoms with Gasteiger partial charge in [-0.2, -0.15) is 0 Å². The first kappa shape index (κ1) is 14.9. The SMILES string of the molecule is CCC(CC)(C(N)c1nccnc1OC)N(C)C. The van der Waals surface area contributed by atoms with E-state index in [9.17, 15) is 0 Å². The Kier molecular flexibility index (Phi) is 5.04. The summed E-state index contributed by atoms with van der Waals surface area (Å²) in [7, 11) is 5.70. The van der Waals surface area contributed by atoms with Gasteiger partial charge in [-0.1, -0.05) is 13.8 Å². The summed E-state index contributed by atoms with van der Waals surface area (Å²) in [4.78, 5) is 10.7. The second-order valence-corrected chi connectivity index (χ2v) is 4.63.